The van der Waals surface area contributed by atoms with Gasteiger partial charge in [0.15, 0.2) is 5.16 Å². The second-order valence-electron chi connectivity index (χ2n) is 3.19. The minimum atomic E-state index is 0.186. The molecule has 0 aliphatic carbocycles. The topological polar surface area (TPSA) is 67.6 Å². The van der Waals surface area contributed by atoms with Gasteiger partial charge in [-0.05, 0) is 17.7 Å². The van der Waals surface area contributed by atoms with Gasteiger partial charge in [0.05, 0.1) is 0 Å². The van der Waals surface area contributed by atoms with E-state index >= 15 is 0 Å². The molecule has 1 aromatic carbocycles. The van der Waals surface area contributed by atoms with Crippen LogP contribution in [0, 0.1) is 0 Å². The number of H-pyrrole nitrogens is 1. The molecule has 0 spiro atoms. The number of benzene rings is 1. The van der Waals surface area contributed by atoms with Gasteiger partial charge in [-0.25, -0.2) is 4.98 Å². The molecule has 1 unspecified atom stereocenters. The minimum Gasteiger partial charge on any atom is -0.329 e. The number of nitrogens with zero attached hydrogens (tertiary/aromatic N) is 2. The summed E-state index contributed by atoms with van der Waals surface area (Å²) >= 11 is 5.03. The lowest BCUT2D eigenvalue weighted by atomic mass is 10.1. The first-order valence-corrected chi connectivity index (χ1v) is 6.44. The maximum atomic E-state index is 5.77. The van der Waals surface area contributed by atoms with Crippen LogP contribution in [0.25, 0.3) is 0 Å². The van der Waals surface area contributed by atoms with E-state index in [2.05, 4.69) is 43.2 Å². The minimum absolute atomic E-state index is 0.186. The fraction of sp³-hybridized carbons (Fsp3) is 0.200. The molecule has 0 aliphatic heterocycles. The second kappa shape index (κ2) is 5.47. The van der Waals surface area contributed by atoms with E-state index in [0.717, 1.165) is 9.63 Å². The molecule has 2 rings (SSSR count). The van der Waals surface area contributed by atoms with Crippen molar-refractivity contribution in [1.82, 2.24) is 15.2 Å². The average Bonchev–Trinajstić information content (AvgIpc) is 2.78. The molecule has 0 aliphatic rings. The third-order valence-corrected chi connectivity index (χ3v) is 3.74. The quantitative estimate of drug-likeness (QED) is 0.850. The molecular weight excluding hydrogens is 288 g/mol. The Kier molecular flexibility index (Phi) is 3.98. The zero-order valence-corrected chi connectivity index (χ0v) is 10.8. The number of aromatic nitrogens is 3. The van der Waals surface area contributed by atoms with E-state index < -0.39 is 0 Å². The molecule has 4 nitrogen and oxygen atoms in total. The summed E-state index contributed by atoms with van der Waals surface area (Å²) < 4.78 is 1.06. The van der Waals surface area contributed by atoms with Crippen molar-refractivity contribution >= 4 is 27.7 Å². The lowest BCUT2D eigenvalue weighted by Crippen LogP contribution is -2.09. The number of nitrogens with one attached hydrogen (secondary N) is 1. The number of rotatable bonds is 4. The Morgan fingerprint density at radius 1 is 1.50 bits per heavy atom. The van der Waals surface area contributed by atoms with Gasteiger partial charge < -0.3 is 5.73 Å². The van der Waals surface area contributed by atoms with E-state index in [4.69, 9.17) is 5.73 Å². The van der Waals surface area contributed by atoms with E-state index in [1.54, 1.807) is 11.8 Å². The summed E-state index contributed by atoms with van der Waals surface area (Å²) in [6.45, 7) is 0.557. The van der Waals surface area contributed by atoms with Crippen molar-refractivity contribution in [1.29, 1.82) is 0 Å². The highest BCUT2D eigenvalue weighted by molar-refractivity contribution is 9.10. The van der Waals surface area contributed by atoms with E-state index in [0.29, 0.717) is 6.54 Å². The number of halogens is 1. The van der Waals surface area contributed by atoms with Crippen molar-refractivity contribution in [3.05, 3.63) is 40.6 Å². The lowest BCUT2D eigenvalue weighted by Gasteiger charge is -2.13. The van der Waals surface area contributed by atoms with Crippen LogP contribution in [0.2, 0.25) is 0 Å². The Morgan fingerprint density at radius 2 is 2.38 bits per heavy atom. The zero-order chi connectivity index (χ0) is 11.4. The molecule has 0 fully saturated rings. The van der Waals surface area contributed by atoms with E-state index in [1.165, 1.54) is 11.9 Å². The monoisotopic (exact) mass is 298 g/mol. The summed E-state index contributed by atoms with van der Waals surface area (Å²) in [6, 6.07) is 8.13. The van der Waals surface area contributed by atoms with Gasteiger partial charge in [-0.15, -0.1) is 0 Å². The number of nitrogens with two attached hydrogens (primary N) is 1. The Bertz CT molecular complexity index is 446. The van der Waals surface area contributed by atoms with Crippen LogP contribution in [-0.4, -0.2) is 21.7 Å². The first-order valence-electron chi connectivity index (χ1n) is 4.77. The van der Waals surface area contributed by atoms with Crippen LogP contribution < -0.4 is 5.73 Å². The number of thioether (sulfide) groups is 1. The molecule has 1 atom stereocenters. The van der Waals surface area contributed by atoms with Crippen LogP contribution in [-0.2, 0) is 0 Å². The molecule has 84 valence electrons. The fourth-order valence-corrected chi connectivity index (χ4v) is 2.62. The predicted octanol–water partition coefficient (Wildman–Crippen LogP) is 2.36. The fourth-order valence-electron chi connectivity index (χ4n) is 1.34. The Hall–Kier alpha value is -0.850. The smallest absolute Gasteiger partial charge is 0.184 e. The SMILES string of the molecule is NCC(Sc1ncn[nH]1)c1cccc(Br)c1. The van der Waals surface area contributed by atoms with Crippen molar-refractivity contribution in [3.63, 3.8) is 0 Å². The highest BCUT2D eigenvalue weighted by atomic mass is 79.9. The average molecular weight is 299 g/mol. The van der Waals surface area contributed by atoms with Gasteiger partial charge in [0.2, 0.25) is 0 Å². The maximum Gasteiger partial charge on any atom is 0.184 e. The van der Waals surface area contributed by atoms with E-state index in [1.807, 2.05) is 12.1 Å². The maximum absolute atomic E-state index is 5.77. The standard InChI is InChI=1S/C10H11BrN4S/c11-8-3-1-2-7(4-8)9(5-12)16-10-13-6-14-15-10/h1-4,6,9H,5,12H2,(H,13,14,15). The van der Waals surface area contributed by atoms with Gasteiger partial charge in [-0.2, -0.15) is 5.10 Å². The molecule has 1 aromatic heterocycles. The molecule has 2 aromatic rings. The zero-order valence-electron chi connectivity index (χ0n) is 8.43. The van der Waals surface area contributed by atoms with Crippen molar-refractivity contribution < 1.29 is 0 Å². The largest absolute Gasteiger partial charge is 0.329 e. The van der Waals surface area contributed by atoms with Crippen molar-refractivity contribution in [2.45, 2.75) is 10.4 Å². The predicted molar refractivity (Wildman–Crippen MR) is 68.2 cm³/mol. The molecule has 0 saturated carbocycles. The molecular formula is C10H11BrN4S. The third kappa shape index (κ3) is 2.84. The highest BCUT2D eigenvalue weighted by Gasteiger charge is 2.13. The number of hydrogen-bond acceptors (Lipinski definition) is 4. The molecule has 1 heterocycles. The summed E-state index contributed by atoms with van der Waals surface area (Å²) in [7, 11) is 0. The van der Waals surface area contributed by atoms with Crippen LogP contribution in [0.15, 0.2) is 40.2 Å². The Morgan fingerprint density at radius 3 is 3.00 bits per heavy atom. The summed E-state index contributed by atoms with van der Waals surface area (Å²) in [5.41, 5.74) is 6.95. The number of hydrogen-bond donors (Lipinski definition) is 2. The molecule has 0 bridgehead atoms. The van der Waals surface area contributed by atoms with Crippen LogP contribution >= 0.6 is 27.7 Å². The van der Waals surface area contributed by atoms with E-state index in [9.17, 15) is 0 Å². The van der Waals surface area contributed by atoms with Gasteiger partial charge in [-0.3, -0.25) is 5.10 Å². The highest BCUT2D eigenvalue weighted by Crippen LogP contribution is 2.32. The summed E-state index contributed by atoms with van der Waals surface area (Å²) in [6.07, 6.45) is 1.50. The molecule has 16 heavy (non-hydrogen) atoms. The molecule has 0 radical (unpaired) electrons. The molecule has 6 heteroatoms. The number of aromatic amines is 1. The van der Waals surface area contributed by atoms with Gasteiger partial charge >= 0.3 is 0 Å². The third-order valence-electron chi connectivity index (χ3n) is 2.08. The van der Waals surface area contributed by atoms with Crippen molar-refractivity contribution in [2.24, 2.45) is 5.73 Å². The summed E-state index contributed by atoms with van der Waals surface area (Å²) in [5.74, 6) is 0. The summed E-state index contributed by atoms with van der Waals surface area (Å²) in [5, 5.41) is 7.61. The first kappa shape index (κ1) is 11.6. The Balaban J connectivity index is 2.16. The van der Waals surface area contributed by atoms with Crippen LogP contribution in [0.5, 0.6) is 0 Å². The molecule has 0 amide bonds. The summed E-state index contributed by atoms with van der Waals surface area (Å²) in [4.78, 5) is 4.08. The van der Waals surface area contributed by atoms with Gasteiger partial charge in [0.25, 0.3) is 0 Å². The van der Waals surface area contributed by atoms with Crippen molar-refractivity contribution in [2.75, 3.05) is 6.54 Å². The lowest BCUT2D eigenvalue weighted by molar-refractivity contribution is 0.913. The molecule has 0 saturated heterocycles. The second-order valence-corrected chi connectivity index (χ2v) is 5.29. The Labute approximate surface area is 106 Å². The van der Waals surface area contributed by atoms with Crippen molar-refractivity contribution in [3.8, 4) is 0 Å². The van der Waals surface area contributed by atoms with E-state index in [-0.39, 0.29) is 5.25 Å². The van der Waals surface area contributed by atoms with Crippen LogP contribution in [0.1, 0.15) is 10.8 Å². The van der Waals surface area contributed by atoms with Gasteiger partial charge in [0, 0.05) is 16.3 Å². The first-order chi connectivity index (χ1) is 7.79. The van der Waals surface area contributed by atoms with Gasteiger partial charge in [0.1, 0.15) is 6.33 Å². The van der Waals surface area contributed by atoms with Crippen LogP contribution in [0.3, 0.4) is 0 Å². The van der Waals surface area contributed by atoms with Gasteiger partial charge in [-0.1, -0.05) is 39.8 Å². The van der Waals surface area contributed by atoms with Crippen LogP contribution in [0.4, 0.5) is 0 Å². The normalized spacial score (nSPS) is 12.6. The molecule has 3 N–H and O–H groups in total.